The summed E-state index contributed by atoms with van der Waals surface area (Å²) < 4.78 is 18.1. The van der Waals surface area contributed by atoms with E-state index in [0.717, 1.165) is 5.56 Å². The van der Waals surface area contributed by atoms with Gasteiger partial charge in [0.05, 0.1) is 24.4 Å². The topological polar surface area (TPSA) is 75.4 Å². The SMILES string of the molecule is C[C@H](c1ccc(F)cc1)N(C)C(=O)Cc1csc(NC(=O)c2ccco2)n1. The lowest BCUT2D eigenvalue weighted by Crippen LogP contribution is -2.31. The van der Waals surface area contributed by atoms with Crippen molar-refractivity contribution in [2.45, 2.75) is 19.4 Å². The molecule has 0 spiro atoms. The molecule has 3 rings (SSSR count). The first kappa shape index (κ1) is 18.8. The van der Waals surface area contributed by atoms with Crippen molar-refractivity contribution in [3.63, 3.8) is 0 Å². The Morgan fingerprint density at radius 2 is 2.04 bits per heavy atom. The van der Waals surface area contributed by atoms with Crippen LogP contribution in [-0.4, -0.2) is 28.7 Å². The van der Waals surface area contributed by atoms with Crippen molar-refractivity contribution >= 4 is 28.3 Å². The van der Waals surface area contributed by atoms with Gasteiger partial charge in [-0.15, -0.1) is 11.3 Å². The Bertz CT molecular complexity index is 922. The lowest BCUT2D eigenvalue weighted by molar-refractivity contribution is -0.131. The summed E-state index contributed by atoms with van der Waals surface area (Å²) >= 11 is 1.24. The monoisotopic (exact) mass is 387 g/mol. The Hall–Kier alpha value is -3.00. The van der Waals surface area contributed by atoms with Crippen LogP contribution < -0.4 is 5.32 Å². The van der Waals surface area contributed by atoms with Crippen LogP contribution in [-0.2, 0) is 11.2 Å². The zero-order valence-corrected chi connectivity index (χ0v) is 15.6. The maximum Gasteiger partial charge on any atom is 0.293 e. The van der Waals surface area contributed by atoms with Gasteiger partial charge in [0.2, 0.25) is 5.91 Å². The van der Waals surface area contributed by atoms with Crippen LogP contribution in [0.1, 0.15) is 34.8 Å². The molecule has 0 saturated heterocycles. The molecule has 0 aliphatic rings. The van der Waals surface area contributed by atoms with Gasteiger partial charge in [-0.1, -0.05) is 12.1 Å². The molecule has 0 aliphatic carbocycles. The first-order chi connectivity index (χ1) is 12.9. The molecule has 27 heavy (non-hydrogen) atoms. The molecule has 8 heteroatoms. The van der Waals surface area contributed by atoms with Crippen molar-refractivity contribution in [2.75, 3.05) is 12.4 Å². The zero-order chi connectivity index (χ0) is 19.4. The van der Waals surface area contributed by atoms with E-state index in [9.17, 15) is 14.0 Å². The Kier molecular flexibility index (Phi) is 5.66. The Balaban J connectivity index is 1.59. The van der Waals surface area contributed by atoms with Crippen molar-refractivity contribution in [3.05, 3.63) is 70.9 Å². The van der Waals surface area contributed by atoms with Gasteiger partial charge in [-0.05, 0) is 36.8 Å². The quantitative estimate of drug-likeness (QED) is 0.696. The van der Waals surface area contributed by atoms with Crippen molar-refractivity contribution in [1.82, 2.24) is 9.88 Å². The number of thiazole rings is 1. The number of nitrogens with zero attached hydrogens (tertiary/aromatic N) is 2. The molecule has 0 bridgehead atoms. The van der Waals surface area contributed by atoms with Gasteiger partial charge in [-0.25, -0.2) is 9.37 Å². The zero-order valence-electron chi connectivity index (χ0n) is 14.8. The van der Waals surface area contributed by atoms with Crippen LogP contribution in [0.15, 0.2) is 52.5 Å². The Morgan fingerprint density at radius 1 is 1.30 bits per heavy atom. The van der Waals surface area contributed by atoms with Gasteiger partial charge in [-0.3, -0.25) is 14.9 Å². The number of benzene rings is 1. The third-order valence-corrected chi connectivity index (χ3v) is 4.98. The highest BCUT2D eigenvalue weighted by atomic mass is 32.1. The van der Waals surface area contributed by atoms with Gasteiger partial charge in [0.25, 0.3) is 5.91 Å². The minimum Gasteiger partial charge on any atom is -0.459 e. The Labute approximate surface area is 159 Å². The molecular formula is C19H18FN3O3S. The second-order valence-electron chi connectivity index (χ2n) is 5.98. The highest BCUT2D eigenvalue weighted by Crippen LogP contribution is 2.21. The van der Waals surface area contributed by atoms with Gasteiger partial charge >= 0.3 is 0 Å². The second kappa shape index (κ2) is 8.13. The van der Waals surface area contributed by atoms with Crippen molar-refractivity contribution in [3.8, 4) is 0 Å². The highest BCUT2D eigenvalue weighted by Gasteiger charge is 2.19. The van der Waals surface area contributed by atoms with Gasteiger partial charge in [0.15, 0.2) is 10.9 Å². The number of aromatic nitrogens is 1. The van der Waals surface area contributed by atoms with E-state index in [-0.39, 0.29) is 29.9 Å². The smallest absolute Gasteiger partial charge is 0.293 e. The second-order valence-corrected chi connectivity index (χ2v) is 6.84. The molecule has 0 radical (unpaired) electrons. The van der Waals surface area contributed by atoms with Crippen LogP contribution in [0.5, 0.6) is 0 Å². The fraction of sp³-hybridized carbons (Fsp3) is 0.211. The van der Waals surface area contributed by atoms with E-state index in [1.807, 2.05) is 6.92 Å². The number of carbonyl (C=O) groups excluding carboxylic acids is 2. The molecule has 0 aliphatic heterocycles. The van der Waals surface area contributed by atoms with E-state index >= 15 is 0 Å². The van der Waals surface area contributed by atoms with E-state index in [1.54, 1.807) is 41.6 Å². The lowest BCUT2D eigenvalue weighted by atomic mass is 10.1. The van der Waals surface area contributed by atoms with Gasteiger partial charge < -0.3 is 9.32 Å². The molecule has 140 valence electrons. The number of hydrogen-bond acceptors (Lipinski definition) is 5. The number of anilines is 1. The average molecular weight is 387 g/mol. The maximum absolute atomic E-state index is 13.1. The normalized spacial score (nSPS) is 11.8. The molecule has 0 saturated carbocycles. The Morgan fingerprint density at radius 3 is 2.70 bits per heavy atom. The number of amides is 2. The van der Waals surface area contributed by atoms with Gasteiger partial charge in [0.1, 0.15) is 5.82 Å². The highest BCUT2D eigenvalue weighted by molar-refractivity contribution is 7.14. The van der Waals surface area contributed by atoms with Crippen molar-refractivity contribution in [1.29, 1.82) is 0 Å². The number of rotatable bonds is 6. The first-order valence-corrected chi connectivity index (χ1v) is 9.12. The number of halogens is 1. The molecule has 1 N–H and O–H groups in total. The fourth-order valence-electron chi connectivity index (χ4n) is 2.47. The van der Waals surface area contributed by atoms with Crippen molar-refractivity contribution < 1.29 is 18.4 Å². The van der Waals surface area contributed by atoms with Gasteiger partial charge in [0, 0.05) is 12.4 Å². The largest absolute Gasteiger partial charge is 0.459 e. The molecule has 1 atom stereocenters. The summed E-state index contributed by atoms with van der Waals surface area (Å²) in [6.45, 7) is 1.88. The summed E-state index contributed by atoms with van der Waals surface area (Å²) in [7, 11) is 1.70. The lowest BCUT2D eigenvalue weighted by Gasteiger charge is -2.25. The molecule has 6 nitrogen and oxygen atoms in total. The third-order valence-electron chi connectivity index (χ3n) is 4.18. The summed E-state index contributed by atoms with van der Waals surface area (Å²) in [6.07, 6.45) is 1.52. The maximum atomic E-state index is 13.1. The van der Waals surface area contributed by atoms with Gasteiger partial charge in [-0.2, -0.15) is 0 Å². The number of nitrogens with one attached hydrogen (secondary N) is 1. The molecule has 2 aromatic heterocycles. The summed E-state index contributed by atoms with van der Waals surface area (Å²) in [4.78, 5) is 30.3. The van der Waals surface area contributed by atoms with Crippen LogP contribution in [0.3, 0.4) is 0 Å². The molecule has 1 aromatic carbocycles. The number of carbonyl (C=O) groups is 2. The molecule has 0 unspecified atom stereocenters. The molecule has 3 aromatic rings. The minimum absolute atomic E-state index is 0.106. The molecule has 0 fully saturated rings. The number of likely N-dealkylation sites (N-methyl/N-ethyl adjacent to an activating group) is 1. The summed E-state index contributed by atoms with van der Waals surface area (Å²) in [6, 6.07) is 9.05. The number of hydrogen-bond donors (Lipinski definition) is 1. The summed E-state index contributed by atoms with van der Waals surface area (Å²) in [5.41, 5.74) is 1.41. The summed E-state index contributed by atoms with van der Waals surface area (Å²) in [5.74, 6) is -0.641. The van der Waals surface area contributed by atoms with Crippen LogP contribution in [0.25, 0.3) is 0 Å². The fourth-order valence-corrected chi connectivity index (χ4v) is 3.18. The van der Waals surface area contributed by atoms with Crippen LogP contribution in [0.4, 0.5) is 9.52 Å². The predicted molar refractivity (Wildman–Crippen MR) is 100 cm³/mol. The van der Waals surface area contributed by atoms with E-state index in [4.69, 9.17) is 4.42 Å². The van der Waals surface area contributed by atoms with E-state index in [1.165, 1.54) is 29.7 Å². The average Bonchev–Trinajstić information content (AvgIpc) is 3.33. The first-order valence-electron chi connectivity index (χ1n) is 8.24. The van der Waals surface area contributed by atoms with E-state index in [2.05, 4.69) is 10.3 Å². The van der Waals surface area contributed by atoms with Crippen LogP contribution in [0.2, 0.25) is 0 Å². The molecular weight excluding hydrogens is 369 g/mol. The summed E-state index contributed by atoms with van der Waals surface area (Å²) in [5, 5.41) is 4.76. The predicted octanol–water partition coefficient (Wildman–Crippen LogP) is 3.89. The van der Waals surface area contributed by atoms with Crippen LogP contribution in [0, 0.1) is 5.82 Å². The van der Waals surface area contributed by atoms with Crippen LogP contribution >= 0.6 is 11.3 Å². The number of furan rings is 1. The van der Waals surface area contributed by atoms with E-state index in [0.29, 0.717) is 10.8 Å². The van der Waals surface area contributed by atoms with E-state index < -0.39 is 5.91 Å². The third kappa shape index (κ3) is 4.59. The standard InChI is InChI=1S/C19H18FN3O3S/c1-12(13-5-7-14(20)8-6-13)23(2)17(24)10-15-11-27-19(21-15)22-18(25)16-4-3-9-26-16/h3-9,11-12H,10H2,1-2H3,(H,21,22,25)/t12-/m1/s1. The minimum atomic E-state index is -0.394. The molecule has 2 heterocycles. The molecule has 2 amide bonds. The van der Waals surface area contributed by atoms with Crippen molar-refractivity contribution in [2.24, 2.45) is 0 Å².